The van der Waals surface area contributed by atoms with Gasteiger partial charge in [-0.05, 0) is 56.1 Å². The number of nitrogens with zero attached hydrogens (tertiary/aromatic N) is 3. The molecular formula is C22H28BrN3O2Si. The predicted molar refractivity (Wildman–Crippen MR) is 123 cm³/mol. The maximum Gasteiger partial charge on any atom is 0.213 e. The second-order valence-electron chi connectivity index (χ2n) is 8.86. The van der Waals surface area contributed by atoms with Crippen LogP contribution in [0.1, 0.15) is 55.7 Å². The predicted octanol–water partition coefficient (Wildman–Crippen LogP) is 5.74. The van der Waals surface area contributed by atoms with Gasteiger partial charge in [0.15, 0.2) is 8.32 Å². The Morgan fingerprint density at radius 3 is 2.69 bits per heavy atom. The SMILES string of the molecule is CC(CCC(C)(C)[Si](C)(C)O)n1cc(C(=O)c2cc(Br)ccn2)c2cnccc21. The number of halogens is 1. The third-order valence-electron chi connectivity index (χ3n) is 6.15. The monoisotopic (exact) mass is 473 g/mol. The Balaban J connectivity index is 1.95. The molecule has 29 heavy (non-hydrogen) atoms. The number of aromatic nitrogens is 3. The van der Waals surface area contributed by atoms with Crippen molar-refractivity contribution < 1.29 is 9.59 Å². The van der Waals surface area contributed by atoms with E-state index in [-0.39, 0.29) is 16.9 Å². The van der Waals surface area contributed by atoms with Gasteiger partial charge in [-0.1, -0.05) is 29.8 Å². The quantitative estimate of drug-likeness (QED) is 0.350. The van der Waals surface area contributed by atoms with Gasteiger partial charge in [0.1, 0.15) is 5.69 Å². The minimum absolute atomic E-state index is 0.0787. The number of pyridine rings is 2. The number of ketones is 1. The van der Waals surface area contributed by atoms with Crippen molar-refractivity contribution in [3.63, 3.8) is 0 Å². The number of hydrogen-bond donors (Lipinski definition) is 1. The molecule has 5 nitrogen and oxygen atoms in total. The zero-order valence-electron chi connectivity index (χ0n) is 17.6. The van der Waals surface area contributed by atoms with Gasteiger partial charge in [0.05, 0.1) is 11.1 Å². The smallest absolute Gasteiger partial charge is 0.213 e. The molecule has 1 atom stereocenters. The molecule has 3 aromatic rings. The molecule has 0 bridgehead atoms. The zero-order chi connectivity index (χ0) is 21.4. The summed E-state index contributed by atoms with van der Waals surface area (Å²) in [6, 6.07) is 5.68. The van der Waals surface area contributed by atoms with Crippen LogP contribution in [-0.4, -0.2) is 33.4 Å². The molecule has 0 aliphatic carbocycles. The summed E-state index contributed by atoms with van der Waals surface area (Å²) >= 11 is 3.41. The highest BCUT2D eigenvalue weighted by atomic mass is 79.9. The molecule has 0 saturated carbocycles. The van der Waals surface area contributed by atoms with Gasteiger partial charge in [0, 0.05) is 40.7 Å². The van der Waals surface area contributed by atoms with Crippen LogP contribution in [0.4, 0.5) is 0 Å². The van der Waals surface area contributed by atoms with Crippen molar-refractivity contribution >= 4 is 40.9 Å². The molecule has 0 aromatic carbocycles. The van der Waals surface area contributed by atoms with E-state index in [1.165, 1.54) is 0 Å². The Hall–Kier alpha value is -1.83. The van der Waals surface area contributed by atoms with Crippen molar-refractivity contribution in [3.8, 4) is 0 Å². The lowest BCUT2D eigenvalue weighted by Gasteiger charge is -2.36. The normalized spacial score (nSPS) is 13.6. The van der Waals surface area contributed by atoms with Crippen LogP contribution in [0.3, 0.4) is 0 Å². The first-order valence-corrected chi connectivity index (χ1v) is 13.6. The summed E-state index contributed by atoms with van der Waals surface area (Å²) in [7, 11) is -2.25. The largest absolute Gasteiger partial charge is 0.432 e. The first-order chi connectivity index (χ1) is 13.5. The maximum absolute atomic E-state index is 13.1. The molecule has 1 N–H and O–H groups in total. The summed E-state index contributed by atoms with van der Waals surface area (Å²) in [5.74, 6) is -0.112. The molecular weight excluding hydrogens is 446 g/mol. The van der Waals surface area contributed by atoms with Gasteiger partial charge in [0.25, 0.3) is 0 Å². The average molecular weight is 474 g/mol. The molecule has 0 radical (unpaired) electrons. The zero-order valence-corrected chi connectivity index (χ0v) is 20.2. The van der Waals surface area contributed by atoms with Crippen molar-refractivity contribution in [2.24, 2.45) is 0 Å². The summed E-state index contributed by atoms with van der Waals surface area (Å²) in [6.07, 6.45) is 8.89. The second kappa shape index (κ2) is 8.12. The topological polar surface area (TPSA) is 68.0 Å². The van der Waals surface area contributed by atoms with Crippen LogP contribution in [-0.2, 0) is 0 Å². The summed E-state index contributed by atoms with van der Waals surface area (Å²) in [4.78, 5) is 32.2. The van der Waals surface area contributed by atoms with Gasteiger partial charge in [-0.25, -0.2) is 0 Å². The lowest BCUT2D eigenvalue weighted by Crippen LogP contribution is -2.39. The fourth-order valence-corrected chi connectivity index (χ4v) is 4.42. The third kappa shape index (κ3) is 4.52. The van der Waals surface area contributed by atoms with Gasteiger partial charge in [0.2, 0.25) is 5.78 Å². The third-order valence-corrected chi connectivity index (χ3v) is 10.2. The first kappa shape index (κ1) is 21.9. The van der Waals surface area contributed by atoms with Gasteiger partial charge in [-0.2, -0.15) is 0 Å². The molecule has 1 unspecified atom stereocenters. The van der Waals surface area contributed by atoms with Crippen LogP contribution in [0.5, 0.6) is 0 Å². The van der Waals surface area contributed by atoms with E-state index in [1.807, 2.05) is 25.4 Å². The van der Waals surface area contributed by atoms with Crippen molar-refractivity contribution in [3.05, 3.63) is 58.7 Å². The number of fused-ring (bicyclic) bond motifs is 1. The minimum Gasteiger partial charge on any atom is -0.432 e. The summed E-state index contributed by atoms with van der Waals surface area (Å²) in [5.41, 5.74) is 2.01. The van der Waals surface area contributed by atoms with Crippen molar-refractivity contribution in [2.75, 3.05) is 0 Å². The van der Waals surface area contributed by atoms with E-state index in [2.05, 4.69) is 51.2 Å². The van der Waals surface area contributed by atoms with E-state index in [4.69, 9.17) is 0 Å². The summed E-state index contributed by atoms with van der Waals surface area (Å²) in [5, 5.41) is 0.757. The van der Waals surface area contributed by atoms with Gasteiger partial charge >= 0.3 is 0 Å². The van der Waals surface area contributed by atoms with Crippen LogP contribution in [0.25, 0.3) is 10.9 Å². The second-order valence-corrected chi connectivity index (χ2v) is 14.2. The summed E-state index contributed by atoms with van der Waals surface area (Å²) in [6.45, 7) is 10.5. The lowest BCUT2D eigenvalue weighted by molar-refractivity contribution is 0.103. The fourth-order valence-electron chi connectivity index (χ4n) is 3.33. The van der Waals surface area contributed by atoms with Crippen LogP contribution in [0.2, 0.25) is 18.1 Å². The van der Waals surface area contributed by atoms with Gasteiger partial charge < -0.3 is 9.36 Å². The molecule has 3 rings (SSSR count). The van der Waals surface area contributed by atoms with E-state index in [1.54, 1.807) is 30.7 Å². The maximum atomic E-state index is 13.1. The fraction of sp³-hybridized carbons (Fsp3) is 0.409. The molecule has 7 heteroatoms. The minimum atomic E-state index is -2.25. The molecule has 0 spiro atoms. The van der Waals surface area contributed by atoms with Crippen LogP contribution in [0, 0.1) is 0 Å². The van der Waals surface area contributed by atoms with E-state index < -0.39 is 8.32 Å². The van der Waals surface area contributed by atoms with Gasteiger partial charge in [-0.3, -0.25) is 14.8 Å². The van der Waals surface area contributed by atoms with Crippen molar-refractivity contribution in [2.45, 2.75) is 57.8 Å². The van der Waals surface area contributed by atoms with Crippen LogP contribution >= 0.6 is 15.9 Å². The van der Waals surface area contributed by atoms with Gasteiger partial charge in [-0.15, -0.1) is 0 Å². The number of rotatable bonds is 7. The molecule has 0 aliphatic rings. The molecule has 0 amide bonds. The van der Waals surface area contributed by atoms with Crippen LogP contribution < -0.4 is 0 Å². The molecule has 0 aliphatic heterocycles. The Kier molecular flexibility index (Phi) is 6.13. The Morgan fingerprint density at radius 1 is 1.31 bits per heavy atom. The summed E-state index contributed by atoms with van der Waals surface area (Å²) < 4.78 is 2.98. The van der Waals surface area contributed by atoms with Crippen molar-refractivity contribution in [1.82, 2.24) is 14.5 Å². The molecule has 0 saturated heterocycles. The Labute approximate surface area is 181 Å². The average Bonchev–Trinajstić information content (AvgIpc) is 3.04. The van der Waals surface area contributed by atoms with Crippen LogP contribution in [0.15, 0.2) is 47.5 Å². The first-order valence-electron chi connectivity index (χ1n) is 9.84. The van der Waals surface area contributed by atoms with Crippen molar-refractivity contribution in [1.29, 1.82) is 0 Å². The van der Waals surface area contributed by atoms with E-state index in [0.717, 1.165) is 28.2 Å². The van der Waals surface area contributed by atoms with E-state index in [9.17, 15) is 9.59 Å². The van der Waals surface area contributed by atoms with E-state index >= 15 is 0 Å². The lowest BCUT2D eigenvalue weighted by atomic mass is 10.0. The molecule has 3 heterocycles. The Bertz CT molecular complexity index is 1040. The number of carbonyl (C=O) groups excluding carboxylic acids is 1. The molecule has 154 valence electrons. The standard InChI is InChI=1S/C22H28BrN3O2Si/c1-15(6-9-22(2,3)29(4,5)28)26-14-18(17-13-24-10-8-20(17)26)21(27)19-12-16(23)7-11-25-19/h7-8,10-15,28H,6,9H2,1-5H3. The highest BCUT2D eigenvalue weighted by Gasteiger charge is 2.37. The molecule has 3 aromatic heterocycles. The van der Waals surface area contributed by atoms with E-state index in [0.29, 0.717) is 11.3 Å². The number of carbonyl (C=O) groups is 1. The highest BCUT2D eigenvalue weighted by Crippen LogP contribution is 2.41. The molecule has 0 fully saturated rings. The Morgan fingerprint density at radius 2 is 2.03 bits per heavy atom. The highest BCUT2D eigenvalue weighted by molar-refractivity contribution is 9.10. The number of hydrogen-bond acceptors (Lipinski definition) is 4.